The van der Waals surface area contributed by atoms with Crippen molar-refractivity contribution in [2.45, 2.75) is 27.3 Å². The highest BCUT2D eigenvalue weighted by molar-refractivity contribution is 5.62. The number of pyridine rings is 1. The molecule has 0 fully saturated rings. The van der Waals surface area contributed by atoms with Gasteiger partial charge in [0.1, 0.15) is 11.6 Å². The van der Waals surface area contributed by atoms with Gasteiger partial charge in [0, 0.05) is 25.0 Å². The van der Waals surface area contributed by atoms with Crippen LogP contribution in [0.25, 0.3) is 0 Å². The predicted octanol–water partition coefficient (Wildman–Crippen LogP) is 3.80. The van der Waals surface area contributed by atoms with Crippen molar-refractivity contribution in [1.29, 1.82) is 0 Å². The lowest BCUT2D eigenvalue weighted by Gasteiger charge is -2.24. The van der Waals surface area contributed by atoms with Gasteiger partial charge < -0.3 is 10.2 Å². The minimum atomic E-state index is -0.222. The number of hydrogen-bond donors (Lipinski definition) is 1. The molecule has 2 aromatic rings. The molecule has 0 amide bonds. The molecule has 0 saturated heterocycles. The zero-order valence-corrected chi connectivity index (χ0v) is 12.9. The largest absolute Gasteiger partial charge is 0.326 e. The van der Waals surface area contributed by atoms with Crippen LogP contribution < -0.4 is 10.2 Å². The third-order valence-electron chi connectivity index (χ3n) is 3.40. The van der Waals surface area contributed by atoms with E-state index < -0.39 is 0 Å². The second kappa shape index (κ2) is 7.18. The van der Waals surface area contributed by atoms with Crippen molar-refractivity contribution in [2.75, 3.05) is 18.0 Å². The molecule has 0 unspecified atom stereocenters. The highest BCUT2D eigenvalue weighted by atomic mass is 19.1. The summed E-state index contributed by atoms with van der Waals surface area (Å²) in [5, 5.41) is 3.30. The molecule has 0 radical (unpaired) electrons. The van der Waals surface area contributed by atoms with E-state index in [1.807, 2.05) is 6.20 Å². The maximum absolute atomic E-state index is 13.1. The zero-order valence-electron chi connectivity index (χ0n) is 12.9. The van der Waals surface area contributed by atoms with Gasteiger partial charge in [-0.25, -0.2) is 9.37 Å². The molecule has 112 valence electrons. The van der Waals surface area contributed by atoms with Crippen molar-refractivity contribution in [1.82, 2.24) is 10.3 Å². The Hall–Kier alpha value is -1.94. The molecular formula is C17H22FN3. The molecule has 3 nitrogen and oxygen atoms in total. The Kier molecular flexibility index (Phi) is 5.28. The lowest BCUT2D eigenvalue weighted by Crippen LogP contribution is -2.19. The smallest absolute Gasteiger partial charge is 0.135 e. The number of nitrogens with zero attached hydrogens (tertiary/aromatic N) is 2. The third-order valence-corrected chi connectivity index (χ3v) is 3.40. The van der Waals surface area contributed by atoms with Crippen molar-refractivity contribution >= 4 is 11.5 Å². The average molecular weight is 287 g/mol. The molecule has 0 bridgehead atoms. The normalized spacial score (nSPS) is 10.7. The lowest BCUT2D eigenvalue weighted by molar-refractivity contribution is 0.627. The quantitative estimate of drug-likeness (QED) is 0.876. The van der Waals surface area contributed by atoms with Crippen molar-refractivity contribution in [3.63, 3.8) is 0 Å². The summed E-state index contributed by atoms with van der Waals surface area (Å²) in [6, 6.07) is 8.68. The molecule has 0 saturated carbocycles. The second-order valence-electron chi connectivity index (χ2n) is 4.99. The van der Waals surface area contributed by atoms with E-state index in [0.29, 0.717) is 0 Å². The van der Waals surface area contributed by atoms with Gasteiger partial charge in [0.25, 0.3) is 0 Å². The highest BCUT2D eigenvalue weighted by Gasteiger charge is 2.12. The number of hydrogen-bond acceptors (Lipinski definition) is 3. The van der Waals surface area contributed by atoms with E-state index in [4.69, 9.17) is 0 Å². The van der Waals surface area contributed by atoms with E-state index in [1.165, 1.54) is 17.7 Å². The number of benzene rings is 1. The van der Waals surface area contributed by atoms with Gasteiger partial charge in [-0.15, -0.1) is 0 Å². The van der Waals surface area contributed by atoms with E-state index in [0.717, 1.165) is 36.7 Å². The van der Waals surface area contributed by atoms with Gasteiger partial charge in [-0.05, 0) is 61.9 Å². The maximum Gasteiger partial charge on any atom is 0.135 e. The number of aryl methyl sites for hydroxylation is 1. The van der Waals surface area contributed by atoms with Gasteiger partial charge in [-0.2, -0.15) is 0 Å². The fourth-order valence-electron chi connectivity index (χ4n) is 2.35. The Morgan fingerprint density at radius 3 is 2.48 bits per heavy atom. The van der Waals surface area contributed by atoms with Crippen LogP contribution in [0.3, 0.4) is 0 Å². The van der Waals surface area contributed by atoms with Crippen molar-refractivity contribution < 1.29 is 4.39 Å². The summed E-state index contributed by atoms with van der Waals surface area (Å²) in [5.41, 5.74) is 3.25. The molecule has 0 aliphatic carbocycles. The fraction of sp³-hybridized carbons (Fsp3) is 0.353. The molecule has 0 spiro atoms. The minimum Gasteiger partial charge on any atom is -0.326 e. The zero-order chi connectivity index (χ0) is 15.2. The summed E-state index contributed by atoms with van der Waals surface area (Å²) in [4.78, 5) is 6.68. The number of aromatic nitrogens is 1. The first-order valence-corrected chi connectivity index (χ1v) is 7.35. The Bertz CT molecular complexity index is 581. The molecule has 0 aliphatic rings. The van der Waals surface area contributed by atoms with Gasteiger partial charge in [-0.3, -0.25) is 0 Å². The monoisotopic (exact) mass is 287 g/mol. The van der Waals surface area contributed by atoms with Gasteiger partial charge in [-0.1, -0.05) is 6.92 Å². The Morgan fingerprint density at radius 1 is 1.19 bits per heavy atom. The van der Waals surface area contributed by atoms with Gasteiger partial charge in [0.15, 0.2) is 0 Å². The first-order valence-electron chi connectivity index (χ1n) is 7.35. The van der Waals surface area contributed by atoms with Gasteiger partial charge in [0.2, 0.25) is 0 Å². The molecule has 4 heteroatoms. The van der Waals surface area contributed by atoms with Crippen LogP contribution in [0.4, 0.5) is 15.9 Å². The predicted molar refractivity (Wildman–Crippen MR) is 85.4 cm³/mol. The number of nitrogens with one attached hydrogen (secondary N) is 1. The van der Waals surface area contributed by atoms with Crippen LogP contribution in [0.1, 0.15) is 25.0 Å². The van der Waals surface area contributed by atoms with E-state index >= 15 is 0 Å². The fourth-order valence-corrected chi connectivity index (χ4v) is 2.35. The molecule has 2 rings (SSSR count). The highest BCUT2D eigenvalue weighted by Crippen LogP contribution is 2.26. The Labute approximate surface area is 125 Å². The third kappa shape index (κ3) is 3.79. The number of halogens is 1. The van der Waals surface area contributed by atoms with E-state index in [2.05, 4.69) is 42.0 Å². The van der Waals surface area contributed by atoms with E-state index in [9.17, 15) is 4.39 Å². The summed E-state index contributed by atoms with van der Waals surface area (Å²) >= 11 is 0. The molecule has 1 aromatic carbocycles. The standard InChI is InChI=1S/C17H22FN3/c1-4-19-11-14-10-13(3)17(20-12-14)21(5-2)16-8-6-15(18)7-9-16/h6-10,12,19H,4-5,11H2,1-3H3. The van der Waals surface area contributed by atoms with Crippen LogP contribution in [0.2, 0.25) is 0 Å². The first kappa shape index (κ1) is 15.4. The molecule has 0 aliphatic heterocycles. The lowest BCUT2D eigenvalue weighted by atomic mass is 10.1. The summed E-state index contributed by atoms with van der Waals surface area (Å²) in [6.45, 7) is 8.76. The van der Waals surface area contributed by atoms with Crippen LogP contribution in [-0.2, 0) is 6.54 Å². The molecular weight excluding hydrogens is 265 g/mol. The topological polar surface area (TPSA) is 28.2 Å². The molecule has 21 heavy (non-hydrogen) atoms. The summed E-state index contributed by atoms with van der Waals surface area (Å²) in [7, 11) is 0. The van der Waals surface area contributed by atoms with Crippen LogP contribution in [-0.4, -0.2) is 18.1 Å². The van der Waals surface area contributed by atoms with Crippen molar-refractivity contribution in [3.8, 4) is 0 Å². The van der Waals surface area contributed by atoms with E-state index in [1.54, 1.807) is 12.1 Å². The van der Waals surface area contributed by atoms with Gasteiger partial charge in [0.05, 0.1) is 0 Å². The first-order chi connectivity index (χ1) is 10.2. The van der Waals surface area contributed by atoms with Crippen LogP contribution in [0.5, 0.6) is 0 Å². The molecule has 0 atom stereocenters. The summed E-state index contributed by atoms with van der Waals surface area (Å²) in [5.74, 6) is 0.699. The Balaban J connectivity index is 2.27. The van der Waals surface area contributed by atoms with E-state index in [-0.39, 0.29) is 5.82 Å². The molecule has 1 heterocycles. The summed E-state index contributed by atoms with van der Waals surface area (Å²) < 4.78 is 13.1. The van der Waals surface area contributed by atoms with Crippen LogP contribution in [0.15, 0.2) is 36.5 Å². The van der Waals surface area contributed by atoms with Crippen LogP contribution >= 0.6 is 0 Å². The Morgan fingerprint density at radius 2 is 1.90 bits per heavy atom. The second-order valence-corrected chi connectivity index (χ2v) is 4.99. The SMILES string of the molecule is CCNCc1cnc(N(CC)c2ccc(F)cc2)c(C)c1. The molecule has 1 N–H and O–H groups in total. The maximum atomic E-state index is 13.1. The minimum absolute atomic E-state index is 0.222. The van der Waals surface area contributed by atoms with Crippen LogP contribution in [0, 0.1) is 12.7 Å². The number of rotatable bonds is 6. The van der Waals surface area contributed by atoms with Crippen molar-refractivity contribution in [3.05, 3.63) is 53.5 Å². The number of anilines is 2. The summed E-state index contributed by atoms with van der Waals surface area (Å²) in [6.07, 6.45) is 1.90. The van der Waals surface area contributed by atoms with Crippen molar-refractivity contribution in [2.24, 2.45) is 0 Å². The molecule has 1 aromatic heterocycles. The van der Waals surface area contributed by atoms with Gasteiger partial charge >= 0.3 is 0 Å². The average Bonchev–Trinajstić information content (AvgIpc) is 2.49.